The van der Waals surface area contributed by atoms with E-state index in [-0.39, 0.29) is 17.9 Å². The monoisotopic (exact) mass is 239 g/mol. The first-order valence-corrected chi connectivity index (χ1v) is 6.24. The van der Waals surface area contributed by atoms with Crippen LogP contribution in [-0.4, -0.2) is 35.1 Å². The van der Waals surface area contributed by atoms with Crippen LogP contribution in [0.4, 0.5) is 0 Å². The molecule has 0 aliphatic carbocycles. The van der Waals surface area contributed by atoms with Gasteiger partial charge in [-0.1, -0.05) is 30.3 Å². The van der Waals surface area contributed by atoms with Crippen LogP contribution in [0.3, 0.4) is 0 Å². The quantitative estimate of drug-likeness (QED) is 0.817. The van der Waals surface area contributed by atoms with Crippen LogP contribution >= 0.6 is 11.6 Å². The predicted molar refractivity (Wildman–Crippen MR) is 66.6 cm³/mol. The topological polar surface area (TPSA) is 23.5 Å². The summed E-state index contributed by atoms with van der Waals surface area (Å²) < 4.78 is 0. The molecule has 2 atom stereocenters. The average Bonchev–Trinajstić information content (AvgIpc) is 2.33. The Hall–Kier alpha value is -0.570. The van der Waals surface area contributed by atoms with Gasteiger partial charge in [-0.05, 0) is 18.5 Å². The standard InChI is InChI=1S/C13H18ClNO/c14-13-6-7-15(9-12(13)10-16)8-11-4-2-1-3-5-11/h1-5,12-13,16H,6-10H2. The Labute approximate surface area is 102 Å². The highest BCUT2D eigenvalue weighted by Gasteiger charge is 2.26. The molecule has 0 aromatic heterocycles. The van der Waals surface area contributed by atoms with Crippen molar-refractivity contribution in [2.24, 2.45) is 5.92 Å². The van der Waals surface area contributed by atoms with E-state index in [1.54, 1.807) is 0 Å². The highest BCUT2D eigenvalue weighted by Crippen LogP contribution is 2.23. The van der Waals surface area contributed by atoms with Crippen LogP contribution in [0.1, 0.15) is 12.0 Å². The fourth-order valence-electron chi connectivity index (χ4n) is 2.24. The molecular weight excluding hydrogens is 222 g/mol. The van der Waals surface area contributed by atoms with E-state index < -0.39 is 0 Å². The molecule has 2 nitrogen and oxygen atoms in total. The van der Waals surface area contributed by atoms with Crippen molar-refractivity contribution in [2.45, 2.75) is 18.3 Å². The summed E-state index contributed by atoms with van der Waals surface area (Å²) in [5.41, 5.74) is 1.33. The average molecular weight is 240 g/mol. The van der Waals surface area contributed by atoms with Gasteiger partial charge in [0, 0.05) is 31.0 Å². The molecule has 1 heterocycles. The van der Waals surface area contributed by atoms with E-state index in [1.165, 1.54) is 5.56 Å². The van der Waals surface area contributed by atoms with Crippen LogP contribution in [-0.2, 0) is 6.54 Å². The Bertz CT molecular complexity index is 317. The zero-order valence-electron chi connectivity index (χ0n) is 9.35. The smallest absolute Gasteiger partial charge is 0.0485 e. The van der Waals surface area contributed by atoms with Gasteiger partial charge in [-0.25, -0.2) is 0 Å². The second-order valence-electron chi connectivity index (χ2n) is 4.47. The van der Waals surface area contributed by atoms with E-state index >= 15 is 0 Å². The predicted octanol–water partition coefficient (Wildman–Crippen LogP) is 2.11. The van der Waals surface area contributed by atoms with Crippen molar-refractivity contribution in [1.82, 2.24) is 4.90 Å². The molecule has 1 aliphatic heterocycles. The van der Waals surface area contributed by atoms with E-state index in [1.807, 2.05) is 6.07 Å². The third-order valence-electron chi connectivity index (χ3n) is 3.21. The van der Waals surface area contributed by atoms with Crippen molar-refractivity contribution < 1.29 is 5.11 Å². The first-order valence-electron chi connectivity index (χ1n) is 5.81. The molecule has 2 rings (SSSR count). The van der Waals surface area contributed by atoms with Crippen molar-refractivity contribution in [1.29, 1.82) is 0 Å². The SMILES string of the molecule is OCC1CN(Cc2ccccc2)CCC1Cl. The van der Waals surface area contributed by atoms with Crippen LogP contribution < -0.4 is 0 Å². The lowest BCUT2D eigenvalue weighted by Crippen LogP contribution is -2.42. The van der Waals surface area contributed by atoms with E-state index in [0.717, 1.165) is 26.1 Å². The summed E-state index contributed by atoms with van der Waals surface area (Å²) in [6.07, 6.45) is 0.972. The molecule has 0 amide bonds. The van der Waals surface area contributed by atoms with Crippen molar-refractivity contribution in [3.8, 4) is 0 Å². The molecule has 16 heavy (non-hydrogen) atoms. The van der Waals surface area contributed by atoms with Gasteiger partial charge in [0.2, 0.25) is 0 Å². The summed E-state index contributed by atoms with van der Waals surface area (Å²) in [7, 11) is 0. The number of benzene rings is 1. The third-order valence-corrected chi connectivity index (χ3v) is 3.78. The molecule has 0 saturated carbocycles. The largest absolute Gasteiger partial charge is 0.396 e. The van der Waals surface area contributed by atoms with Crippen LogP contribution in [0.5, 0.6) is 0 Å². The van der Waals surface area contributed by atoms with E-state index in [4.69, 9.17) is 11.6 Å². The van der Waals surface area contributed by atoms with Crippen LogP contribution in [0, 0.1) is 5.92 Å². The number of aliphatic hydroxyl groups is 1. The normalized spacial score (nSPS) is 26.9. The number of halogens is 1. The summed E-state index contributed by atoms with van der Waals surface area (Å²) >= 11 is 6.16. The Morgan fingerprint density at radius 2 is 2.06 bits per heavy atom. The number of rotatable bonds is 3. The molecule has 1 N–H and O–H groups in total. The highest BCUT2D eigenvalue weighted by molar-refractivity contribution is 6.20. The molecule has 88 valence electrons. The molecule has 1 aliphatic rings. The Kier molecular flexibility index (Phi) is 4.22. The Balaban J connectivity index is 1.92. The maximum atomic E-state index is 9.23. The summed E-state index contributed by atoms with van der Waals surface area (Å²) in [5, 5.41) is 9.37. The zero-order valence-corrected chi connectivity index (χ0v) is 10.1. The van der Waals surface area contributed by atoms with Gasteiger partial charge in [-0.3, -0.25) is 4.90 Å². The number of hydrogen-bond acceptors (Lipinski definition) is 2. The number of likely N-dealkylation sites (tertiary alicyclic amines) is 1. The summed E-state index contributed by atoms with van der Waals surface area (Å²) in [6.45, 7) is 3.08. The summed E-state index contributed by atoms with van der Waals surface area (Å²) in [5.74, 6) is 0.221. The fourth-order valence-corrected chi connectivity index (χ4v) is 2.49. The van der Waals surface area contributed by atoms with Crippen molar-refractivity contribution in [2.75, 3.05) is 19.7 Å². The van der Waals surface area contributed by atoms with Crippen molar-refractivity contribution in [3.63, 3.8) is 0 Å². The van der Waals surface area contributed by atoms with Gasteiger partial charge >= 0.3 is 0 Å². The third kappa shape index (κ3) is 2.97. The number of hydrogen-bond donors (Lipinski definition) is 1. The van der Waals surface area contributed by atoms with Gasteiger partial charge < -0.3 is 5.11 Å². The summed E-state index contributed by atoms with van der Waals surface area (Å²) in [6, 6.07) is 10.4. The number of aliphatic hydroxyl groups excluding tert-OH is 1. The van der Waals surface area contributed by atoms with Crippen LogP contribution in [0.2, 0.25) is 0 Å². The minimum Gasteiger partial charge on any atom is -0.396 e. The lowest BCUT2D eigenvalue weighted by molar-refractivity contribution is 0.119. The zero-order chi connectivity index (χ0) is 11.4. The van der Waals surface area contributed by atoms with Crippen LogP contribution in [0.25, 0.3) is 0 Å². The maximum absolute atomic E-state index is 9.23. The summed E-state index contributed by atoms with van der Waals surface area (Å²) in [4.78, 5) is 2.37. The first-order chi connectivity index (χ1) is 7.79. The molecular formula is C13H18ClNO. The fraction of sp³-hybridized carbons (Fsp3) is 0.538. The highest BCUT2D eigenvalue weighted by atomic mass is 35.5. The second-order valence-corrected chi connectivity index (χ2v) is 5.03. The van der Waals surface area contributed by atoms with Gasteiger partial charge in [-0.15, -0.1) is 11.6 Å². The van der Waals surface area contributed by atoms with Crippen molar-refractivity contribution in [3.05, 3.63) is 35.9 Å². The van der Waals surface area contributed by atoms with E-state index in [0.29, 0.717) is 0 Å². The van der Waals surface area contributed by atoms with Crippen LogP contribution in [0.15, 0.2) is 30.3 Å². The molecule has 1 aromatic carbocycles. The van der Waals surface area contributed by atoms with Gasteiger partial charge in [0.15, 0.2) is 0 Å². The first kappa shape index (κ1) is 11.9. The minimum atomic E-state index is 0.136. The molecule has 0 spiro atoms. The maximum Gasteiger partial charge on any atom is 0.0485 e. The second kappa shape index (κ2) is 5.67. The van der Waals surface area contributed by atoms with E-state index in [9.17, 15) is 5.11 Å². The molecule has 0 bridgehead atoms. The molecule has 3 heteroatoms. The van der Waals surface area contributed by atoms with E-state index in [2.05, 4.69) is 29.2 Å². The van der Waals surface area contributed by atoms with Gasteiger partial charge in [0.05, 0.1) is 0 Å². The molecule has 1 fully saturated rings. The van der Waals surface area contributed by atoms with Crippen molar-refractivity contribution >= 4 is 11.6 Å². The Morgan fingerprint density at radius 3 is 2.75 bits per heavy atom. The lowest BCUT2D eigenvalue weighted by Gasteiger charge is -2.35. The minimum absolute atomic E-state index is 0.136. The lowest BCUT2D eigenvalue weighted by atomic mass is 9.98. The number of nitrogens with zero attached hydrogens (tertiary/aromatic N) is 1. The Morgan fingerprint density at radius 1 is 1.31 bits per heavy atom. The van der Waals surface area contributed by atoms with Gasteiger partial charge in [0.1, 0.15) is 0 Å². The van der Waals surface area contributed by atoms with Gasteiger partial charge in [-0.2, -0.15) is 0 Å². The number of alkyl halides is 1. The number of piperidine rings is 1. The van der Waals surface area contributed by atoms with Gasteiger partial charge in [0.25, 0.3) is 0 Å². The molecule has 1 saturated heterocycles. The molecule has 2 unspecified atom stereocenters. The molecule has 1 aromatic rings. The molecule has 0 radical (unpaired) electrons.